The molecule has 0 bridgehead atoms. The molecule has 0 aliphatic rings. The van der Waals surface area contributed by atoms with Crippen molar-refractivity contribution in [3.05, 3.63) is 59.7 Å². The molecule has 1 aromatic heterocycles. The summed E-state index contributed by atoms with van der Waals surface area (Å²) in [6.45, 7) is 4.27. The number of hydrogen-bond acceptors (Lipinski definition) is 3. The maximum atomic E-state index is 13.4. The number of aromatic nitrogens is 1. The Labute approximate surface area is 112 Å². The average Bonchev–Trinajstić information content (AvgIpc) is 2.44. The van der Waals surface area contributed by atoms with E-state index in [2.05, 4.69) is 16.8 Å². The molecule has 2 aromatic rings. The Morgan fingerprint density at radius 1 is 1.16 bits per heavy atom. The van der Waals surface area contributed by atoms with Crippen LogP contribution in [0.15, 0.2) is 42.6 Å². The largest absolute Gasteiger partial charge is 0.396 e. The molecule has 2 rings (SSSR count). The molecular weight excluding hydrogens is 241 g/mol. The summed E-state index contributed by atoms with van der Waals surface area (Å²) in [6, 6.07) is 10.8. The predicted octanol–water partition coefficient (Wildman–Crippen LogP) is 2.83. The van der Waals surface area contributed by atoms with E-state index in [1.165, 1.54) is 6.07 Å². The molecule has 3 nitrogen and oxygen atoms in total. The van der Waals surface area contributed by atoms with Crippen LogP contribution in [0.2, 0.25) is 0 Å². The number of rotatable bonds is 5. The van der Waals surface area contributed by atoms with Gasteiger partial charge in [0.25, 0.3) is 0 Å². The summed E-state index contributed by atoms with van der Waals surface area (Å²) in [7, 11) is 0. The standard InChI is InChI=1S/C15H18FN3/c1-2-19(11-13-7-3-4-9-18-13)10-12-6-5-8-14(16)15(12)17/h3-9H,2,10-11,17H2,1H3. The van der Waals surface area contributed by atoms with E-state index in [1.807, 2.05) is 24.3 Å². The van der Waals surface area contributed by atoms with E-state index in [4.69, 9.17) is 5.73 Å². The van der Waals surface area contributed by atoms with Crippen molar-refractivity contribution in [2.75, 3.05) is 12.3 Å². The van der Waals surface area contributed by atoms with E-state index < -0.39 is 0 Å². The molecule has 0 saturated carbocycles. The first-order valence-electron chi connectivity index (χ1n) is 6.36. The molecule has 19 heavy (non-hydrogen) atoms. The zero-order valence-corrected chi connectivity index (χ0v) is 11.0. The van der Waals surface area contributed by atoms with Crippen molar-refractivity contribution in [1.82, 2.24) is 9.88 Å². The molecule has 0 unspecified atom stereocenters. The number of nitrogen functional groups attached to an aromatic ring is 1. The number of pyridine rings is 1. The van der Waals surface area contributed by atoms with Crippen LogP contribution < -0.4 is 5.73 Å². The van der Waals surface area contributed by atoms with Crippen molar-refractivity contribution in [2.45, 2.75) is 20.0 Å². The van der Waals surface area contributed by atoms with Crippen molar-refractivity contribution in [3.8, 4) is 0 Å². The average molecular weight is 259 g/mol. The first kappa shape index (κ1) is 13.5. The Morgan fingerprint density at radius 2 is 2.00 bits per heavy atom. The normalized spacial score (nSPS) is 10.9. The fourth-order valence-electron chi connectivity index (χ4n) is 1.96. The molecule has 1 aromatic carbocycles. The van der Waals surface area contributed by atoms with Gasteiger partial charge in [-0.3, -0.25) is 9.88 Å². The van der Waals surface area contributed by atoms with Gasteiger partial charge in [0.2, 0.25) is 0 Å². The van der Waals surface area contributed by atoms with E-state index in [9.17, 15) is 4.39 Å². The molecule has 1 heterocycles. The third-order valence-corrected chi connectivity index (χ3v) is 3.10. The number of nitrogens with zero attached hydrogens (tertiary/aromatic N) is 2. The molecule has 2 N–H and O–H groups in total. The van der Waals surface area contributed by atoms with E-state index in [1.54, 1.807) is 12.3 Å². The van der Waals surface area contributed by atoms with Gasteiger partial charge < -0.3 is 5.73 Å². The van der Waals surface area contributed by atoms with Gasteiger partial charge in [0, 0.05) is 19.3 Å². The van der Waals surface area contributed by atoms with Crippen LogP contribution in [0.25, 0.3) is 0 Å². The van der Waals surface area contributed by atoms with E-state index >= 15 is 0 Å². The lowest BCUT2D eigenvalue weighted by atomic mass is 10.1. The topological polar surface area (TPSA) is 42.2 Å². The minimum atomic E-state index is -0.355. The van der Waals surface area contributed by atoms with Gasteiger partial charge in [-0.15, -0.1) is 0 Å². The molecule has 100 valence electrons. The highest BCUT2D eigenvalue weighted by Gasteiger charge is 2.10. The molecule has 0 aliphatic carbocycles. The maximum Gasteiger partial charge on any atom is 0.146 e. The number of para-hydroxylation sites is 1. The van der Waals surface area contributed by atoms with E-state index in [0.717, 1.165) is 24.3 Å². The Bertz CT molecular complexity index is 528. The van der Waals surface area contributed by atoms with Crippen molar-refractivity contribution in [2.24, 2.45) is 0 Å². The van der Waals surface area contributed by atoms with Crippen molar-refractivity contribution in [1.29, 1.82) is 0 Å². The molecule has 0 radical (unpaired) electrons. The zero-order chi connectivity index (χ0) is 13.7. The van der Waals surface area contributed by atoms with Crippen LogP contribution in [-0.4, -0.2) is 16.4 Å². The quantitative estimate of drug-likeness (QED) is 0.840. The second kappa shape index (κ2) is 6.29. The third kappa shape index (κ3) is 3.51. The smallest absolute Gasteiger partial charge is 0.146 e. The molecule has 0 saturated heterocycles. The number of hydrogen-bond donors (Lipinski definition) is 1. The lowest BCUT2D eigenvalue weighted by Crippen LogP contribution is -2.23. The van der Waals surface area contributed by atoms with Gasteiger partial charge in [0.1, 0.15) is 5.82 Å². The number of anilines is 1. The second-order valence-electron chi connectivity index (χ2n) is 4.44. The summed E-state index contributed by atoms with van der Waals surface area (Å²) >= 11 is 0. The van der Waals surface area contributed by atoms with Crippen molar-refractivity contribution in [3.63, 3.8) is 0 Å². The summed E-state index contributed by atoms with van der Waals surface area (Å²) in [5.41, 5.74) is 7.82. The minimum absolute atomic E-state index is 0.238. The summed E-state index contributed by atoms with van der Waals surface area (Å²) in [4.78, 5) is 6.48. The van der Waals surface area contributed by atoms with Gasteiger partial charge in [-0.2, -0.15) is 0 Å². The second-order valence-corrected chi connectivity index (χ2v) is 4.44. The molecule has 0 amide bonds. The molecule has 0 spiro atoms. The highest BCUT2D eigenvalue weighted by atomic mass is 19.1. The van der Waals surface area contributed by atoms with Gasteiger partial charge >= 0.3 is 0 Å². The molecule has 4 heteroatoms. The van der Waals surface area contributed by atoms with Gasteiger partial charge in [-0.25, -0.2) is 4.39 Å². The Morgan fingerprint density at radius 3 is 2.68 bits per heavy atom. The number of halogens is 1. The molecule has 0 aliphatic heterocycles. The van der Waals surface area contributed by atoms with Gasteiger partial charge in [0.15, 0.2) is 0 Å². The van der Waals surface area contributed by atoms with Crippen molar-refractivity contribution < 1.29 is 4.39 Å². The number of nitrogens with two attached hydrogens (primary N) is 1. The summed E-state index contributed by atoms with van der Waals surface area (Å²) in [6.07, 6.45) is 1.78. The lowest BCUT2D eigenvalue weighted by molar-refractivity contribution is 0.268. The van der Waals surface area contributed by atoms with E-state index in [0.29, 0.717) is 6.54 Å². The third-order valence-electron chi connectivity index (χ3n) is 3.10. The predicted molar refractivity (Wildman–Crippen MR) is 74.8 cm³/mol. The molecular formula is C15H18FN3. The summed E-state index contributed by atoms with van der Waals surface area (Å²) < 4.78 is 13.4. The number of benzene rings is 1. The van der Waals surface area contributed by atoms with Crippen LogP contribution in [0.3, 0.4) is 0 Å². The Kier molecular flexibility index (Phi) is 4.47. The lowest BCUT2D eigenvalue weighted by Gasteiger charge is -2.21. The van der Waals surface area contributed by atoms with Crippen LogP contribution >= 0.6 is 0 Å². The fourth-order valence-corrected chi connectivity index (χ4v) is 1.96. The molecule has 0 fully saturated rings. The summed E-state index contributed by atoms with van der Waals surface area (Å²) in [5.74, 6) is -0.355. The van der Waals surface area contributed by atoms with Crippen LogP contribution in [-0.2, 0) is 13.1 Å². The summed E-state index contributed by atoms with van der Waals surface area (Å²) in [5, 5.41) is 0. The first-order valence-corrected chi connectivity index (χ1v) is 6.36. The van der Waals surface area contributed by atoms with Gasteiger partial charge in [-0.05, 0) is 30.3 Å². The highest BCUT2D eigenvalue weighted by molar-refractivity contribution is 5.47. The Hall–Kier alpha value is -1.94. The van der Waals surface area contributed by atoms with Crippen LogP contribution in [0, 0.1) is 5.82 Å². The molecule has 0 atom stereocenters. The SMILES string of the molecule is CCN(Cc1ccccn1)Cc1cccc(F)c1N. The van der Waals surface area contributed by atoms with Crippen LogP contribution in [0.1, 0.15) is 18.2 Å². The fraction of sp³-hybridized carbons (Fsp3) is 0.267. The Balaban J connectivity index is 2.09. The van der Waals surface area contributed by atoms with Crippen LogP contribution in [0.5, 0.6) is 0 Å². The highest BCUT2D eigenvalue weighted by Crippen LogP contribution is 2.18. The van der Waals surface area contributed by atoms with E-state index in [-0.39, 0.29) is 11.5 Å². The van der Waals surface area contributed by atoms with Gasteiger partial charge in [0.05, 0.1) is 11.4 Å². The first-order chi connectivity index (χ1) is 9.20. The monoisotopic (exact) mass is 259 g/mol. The maximum absolute atomic E-state index is 13.4. The van der Waals surface area contributed by atoms with Crippen LogP contribution in [0.4, 0.5) is 10.1 Å². The zero-order valence-electron chi connectivity index (χ0n) is 11.0. The van der Waals surface area contributed by atoms with Gasteiger partial charge in [-0.1, -0.05) is 25.1 Å². The van der Waals surface area contributed by atoms with Crippen molar-refractivity contribution >= 4 is 5.69 Å². The minimum Gasteiger partial charge on any atom is -0.396 e.